The number of allylic oxidation sites excluding steroid dienone is 1. The van der Waals surface area contributed by atoms with Crippen molar-refractivity contribution in [3.05, 3.63) is 80.9 Å². The topological polar surface area (TPSA) is 146 Å². The Kier molecular flexibility index (Phi) is 8.39. The Balaban J connectivity index is 1.91. The second kappa shape index (κ2) is 11.8. The van der Waals surface area contributed by atoms with E-state index in [-0.39, 0.29) is 46.3 Å². The molecule has 1 aliphatic rings. The molecule has 42 heavy (non-hydrogen) atoms. The minimum absolute atomic E-state index is 0.0231. The van der Waals surface area contributed by atoms with Gasteiger partial charge in [0.1, 0.15) is 12.6 Å². The van der Waals surface area contributed by atoms with Gasteiger partial charge in [0.25, 0.3) is 0 Å². The van der Waals surface area contributed by atoms with Crippen molar-refractivity contribution in [2.45, 2.75) is 19.1 Å². The number of alkyl halides is 3. The molecule has 1 amide bonds. The van der Waals surface area contributed by atoms with Crippen molar-refractivity contribution in [3.63, 3.8) is 0 Å². The Morgan fingerprint density at radius 1 is 1.21 bits per heavy atom. The van der Waals surface area contributed by atoms with Gasteiger partial charge in [0, 0.05) is 23.5 Å². The molecule has 2 heterocycles. The van der Waals surface area contributed by atoms with Crippen LogP contribution in [0, 0.1) is 11.3 Å². The van der Waals surface area contributed by atoms with Crippen molar-refractivity contribution in [1.29, 1.82) is 5.26 Å². The number of fused-ring (bicyclic) bond motifs is 1. The van der Waals surface area contributed by atoms with E-state index in [1.165, 1.54) is 42.2 Å². The van der Waals surface area contributed by atoms with Crippen LogP contribution >= 0.6 is 0 Å². The summed E-state index contributed by atoms with van der Waals surface area (Å²) in [5, 5.41) is 18.4. The van der Waals surface area contributed by atoms with Crippen molar-refractivity contribution in [1.82, 2.24) is 19.7 Å². The highest BCUT2D eigenvalue weighted by Gasteiger charge is 2.41. The predicted octanol–water partition coefficient (Wildman–Crippen LogP) is 3.76. The van der Waals surface area contributed by atoms with Crippen molar-refractivity contribution in [2.75, 3.05) is 44.6 Å². The molecule has 0 spiro atoms. The van der Waals surface area contributed by atoms with Crippen molar-refractivity contribution in [3.8, 4) is 6.07 Å². The predicted molar refractivity (Wildman–Crippen MR) is 144 cm³/mol. The van der Waals surface area contributed by atoms with Gasteiger partial charge < -0.3 is 14.4 Å². The van der Waals surface area contributed by atoms with Crippen LogP contribution in [0.5, 0.6) is 0 Å². The number of aromatic amines is 1. The highest BCUT2D eigenvalue weighted by atomic mass is 19.4. The number of nitrogens with one attached hydrogen (secondary N) is 2. The number of carbonyl (C=O) groups excluding carboxylic acids is 2. The number of ether oxygens (including phenoxy) is 2. The first-order valence-corrected chi connectivity index (χ1v) is 12.4. The number of hydrogen-bond donors (Lipinski definition) is 2. The van der Waals surface area contributed by atoms with E-state index in [1.807, 2.05) is 6.07 Å². The zero-order valence-corrected chi connectivity index (χ0v) is 22.9. The van der Waals surface area contributed by atoms with E-state index >= 15 is 0 Å². The Bertz CT molecular complexity index is 1650. The first-order chi connectivity index (χ1) is 19.9. The molecule has 1 aliphatic heterocycles. The van der Waals surface area contributed by atoms with E-state index in [4.69, 9.17) is 9.47 Å². The van der Waals surface area contributed by atoms with Gasteiger partial charge in [0.2, 0.25) is 5.95 Å². The summed E-state index contributed by atoms with van der Waals surface area (Å²) in [7, 11) is 4.71. The van der Waals surface area contributed by atoms with Crippen LogP contribution in [0.2, 0.25) is 0 Å². The van der Waals surface area contributed by atoms with Crippen LogP contribution in [-0.4, -0.2) is 66.1 Å². The fourth-order valence-corrected chi connectivity index (χ4v) is 4.52. The van der Waals surface area contributed by atoms with Crippen molar-refractivity contribution in [2.24, 2.45) is 0 Å². The molecule has 0 saturated heterocycles. The van der Waals surface area contributed by atoms with Gasteiger partial charge in [-0.1, -0.05) is 12.1 Å². The quantitative estimate of drug-likeness (QED) is 0.396. The Morgan fingerprint density at radius 2 is 1.95 bits per heavy atom. The molecular weight excluding hydrogens is 559 g/mol. The van der Waals surface area contributed by atoms with Gasteiger partial charge in [-0.15, -0.1) is 5.10 Å². The van der Waals surface area contributed by atoms with Gasteiger partial charge in [-0.3, -0.25) is 10.2 Å². The van der Waals surface area contributed by atoms with Crippen LogP contribution in [0.4, 0.5) is 35.3 Å². The van der Waals surface area contributed by atoms with E-state index in [0.29, 0.717) is 6.54 Å². The number of methoxy groups -OCH3 is 1. The SMILES string of the molecule is COC(=O)C1=C(C)N(c2cccc(C(F)(F)F)c2)c2n[nH]c(=O)n2C1c1ccc(C#N)cc1NC(=O)OCCN(C)C. The van der Waals surface area contributed by atoms with Crippen LogP contribution in [0.3, 0.4) is 0 Å². The Labute approximate surface area is 237 Å². The number of rotatable bonds is 7. The summed E-state index contributed by atoms with van der Waals surface area (Å²) in [6.07, 6.45) is -5.51. The summed E-state index contributed by atoms with van der Waals surface area (Å²) in [4.78, 5) is 42.1. The third kappa shape index (κ3) is 5.84. The summed E-state index contributed by atoms with van der Waals surface area (Å²) in [5.41, 5.74) is -1.40. The first kappa shape index (κ1) is 29.9. The fraction of sp³-hybridized carbons (Fsp3) is 0.296. The van der Waals surface area contributed by atoms with E-state index in [0.717, 1.165) is 23.8 Å². The number of likely N-dealkylation sites (N-methyl/N-ethyl adjacent to an activating group) is 1. The molecule has 0 radical (unpaired) electrons. The lowest BCUT2D eigenvalue weighted by atomic mass is 9.92. The normalized spacial score (nSPS) is 14.8. The van der Waals surface area contributed by atoms with Gasteiger partial charge in [-0.05, 0) is 51.4 Å². The number of amides is 1. The fourth-order valence-electron chi connectivity index (χ4n) is 4.52. The lowest BCUT2D eigenvalue weighted by Gasteiger charge is -2.36. The van der Waals surface area contributed by atoms with Crippen LogP contribution < -0.4 is 15.9 Å². The third-order valence-corrected chi connectivity index (χ3v) is 6.47. The number of H-pyrrole nitrogens is 1. The van der Waals surface area contributed by atoms with E-state index in [9.17, 15) is 32.8 Å². The lowest BCUT2D eigenvalue weighted by Crippen LogP contribution is -2.38. The maximum Gasteiger partial charge on any atom is 0.416 e. The molecule has 15 heteroatoms. The van der Waals surface area contributed by atoms with Crippen LogP contribution in [-0.2, 0) is 20.4 Å². The molecule has 0 saturated carbocycles. The molecule has 2 N–H and O–H groups in total. The number of halogens is 3. The minimum atomic E-state index is -4.66. The molecule has 1 aromatic heterocycles. The molecule has 2 aromatic carbocycles. The zero-order valence-electron chi connectivity index (χ0n) is 22.9. The zero-order chi connectivity index (χ0) is 30.8. The van der Waals surface area contributed by atoms with Crippen molar-refractivity contribution < 1.29 is 32.2 Å². The van der Waals surface area contributed by atoms with E-state index in [2.05, 4.69) is 15.5 Å². The van der Waals surface area contributed by atoms with Gasteiger partial charge in [-0.2, -0.15) is 18.4 Å². The largest absolute Gasteiger partial charge is 0.466 e. The highest BCUT2D eigenvalue weighted by molar-refractivity contribution is 5.95. The number of hydrogen-bond acceptors (Lipinski definition) is 9. The first-order valence-electron chi connectivity index (χ1n) is 12.4. The summed E-state index contributed by atoms with van der Waals surface area (Å²) < 4.78 is 52.0. The number of aromatic nitrogens is 3. The maximum atomic E-state index is 13.6. The molecular formula is C27H26F3N7O5. The number of esters is 1. The smallest absolute Gasteiger partial charge is 0.416 e. The summed E-state index contributed by atoms with van der Waals surface area (Å²) in [6.45, 7) is 1.96. The standard InChI is InChI=1S/C27H26F3N7O5/c1-15-21(23(38)41-4)22(19-9-8-16(14-31)12-20(19)32-26(40)42-11-10-35(2)3)37-24(33-34-25(37)39)36(15)18-7-5-6-17(13-18)27(28,29)30/h5-9,12-13,22H,10-11H2,1-4H3,(H,32,40)(H,34,39). The molecule has 1 unspecified atom stereocenters. The van der Waals surface area contributed by atoms with Crippen molar-refractivity contribution >= 4 is 29.4 Å². The molecule has 0 bridgehead atoms. The highest BCUT2D eigenvalue weighted by Crippen LogP contribution is 2.44. The minimum Gasteiger partial charge on any atom is -0.466 e. The summed E-state index contributed by atoms with van der Waals surface area (Å²) >= 11 is 0. The molecule has 4 rings (SSSR count). The number of benzene rings is 2. The Morgan fingerprint density at radius 3 is 2.60 bits per heavy atom. The van der Waals surface area contributed by atoms with Crippen LogP contribution in [0.15, 0.2) is 58.5 Å². The average Bonchev–Trinajstić information content (AvgIpc) is 3.32. The number of nitrogens with zero attached hydrogens (tertiary/aromatic N) is 5. The number of carbonyl (C=O) groups is 2. The number of nitriles is 1. The van der Waals surface area contributed by atoms with E-state index in [1.54, 1.807) is 19.0 Å². The molecule has 0 aliphatic carbocycles. The number of anilines is 3. The molecule has 3 aromatic rings. The van der Waals surface area contributed by atoms with E-state index < -0.39 is 35.5 Å². The third-order valence-electron chi connectivity index (χ3n) is 6.47. The Hall–Kier alpha value is -5.10. The van der Waals surface area contributed by atoms with Gasteiger partial charge in [0.15, 0.2) is 0 Å². The monoisotopic (exact) mass is 585 g/mol. The summed E-state index contributed by atoms with van der Waals surface area (Å²) in [5.74, 6) is -1.02. The molecule has 220 valence electrons. The maximum absolute atomic E-state index is 13.6. The van der Waals surface area contributed by atoms with Crippen LogP contribution in [0.1, 0.15) is 29.7 Å². The second-order valence-electron chi connectivity index (χ2n) is 9.45. The van der Waals surface area contributed by atoms with Gasteiger partial charge >= 0.3 is 23.9 Å². The molecule has 0 fully saturated rings. The van der Waals surface area contributed by atoms with Gasteiger partial charge in [-0.25, -0.2) is 24.0 Å². The average molecular weight is 586 g/mol. The van der Waals surface area contributed by atoms with Gasteiger partial charge in [0.05, 0.1) is 35.6 Å². The lowest BCUT2D eigenvalue weighted by molar-refractivity contribution is -0.138. The summed E-state index contributed by atoms with van der Waals surface area (Å²) in [6, 6.07) is 9.21. The molecule has 1 atom stereocenters. The van der Waals surface area contributed by atoms with Crippen LogP contribution in [0.25, 0.3) is 0 Å². The molecule has 12 nitrogen and oxygen atoms in total. The second-order valence-corrected chi connectivity index (χ2v) is 9.45.